The minimum Gasteiger partial charge on any atom is -0.308 e. The molecule has 154 valence electrons. The van der Waals surface area contributed by atoms with Crippen molar-refractivity contribution in [2.45, 2.75) is 62.0 Å². The van der Waals surface area contributed by atoms with Crippen molar-refractivity contribution in [3.05, 3.63) is 71.5 Å². The van der Waals surface area contributed by atoms with Crippen LogP contribution in [-0.2, 0) is 17.8 Å². The molecule has 0 saturated heterocycles. The van der Waals surface area contributed by atoms with Gasteiger partial charge in [0.1, 0.15) is 5.82 Å². The third kappa shape index (κ3) is 3.65. The van der Waals surface area contributed by atoms with Crippen molar-refractivity contribution in [3.63, 3.8) is 0 Å². The van der Waals surface area contributed by atoms with Gasteiger partial charge in [-0.2, -0.15) is 0 Å². The fourth-order valence-corrected chi connectivity index (χ4v) is 5.15. The van der Waals surface area contributed by atoms with Crippen LogP contribution in [0.15, 0.2) is 59.8 Å². The Bertz CT molecular complexity index is 1060. The number of thioether (sulfide) groups is 1. The van der Waals surface area contributed by atoms with E-state index < -0.39 is 0 Å². The summed E-state index contributed by atoms with van der Waals surface area (Å²) in [5, 5.41) is 9.60. The normalized spacial score (nSPS) is 19.0. The van der Waals surface area contributed by atoms with Crippen molar-refractivity contribution in [2.75, 3.05) is 4.90 Å². The van der Waals surface area contributed by atoms with Gasteiger partial charge >= 0.3 is 0 Å². The molecule has 2 atom stereocenters. The lowest BCUT2D eigenvalue weighted by Gasteiger charge is -2.25. The minimum atomic E-state index is -0.232. The summed E-state index contributed by atoms with van der Waals surface area (Å²) in [6, 6.07) is 18.8. The first-order valence-corrected chi connectivity index (χ1v) is 11.5. The monoisotopic (exact) mass is 418 g/mol. The van der Waals surface area contributed by atoms with Crippen LogP contribution in [0.3, 0.4) is 0 Å². The molecule has 1 saturated carbocycles. The lowest BCUT2D eigenvalue weighted by atomic mass is 10.1. The topological polar surface area (TPSA) is 51.0 Å². The summed E-state index contributed by atoms with van der Waals surface area (Å²) in [5.41, 5.74) is 3.52. The Morgan fingerprint density at radius 2 is 1.83 bits per heavy atom. The third-order valence-electron chi connectivity index (χ3n) is 5.95. The Hall–Kier alpha value is -2.60. The van der Waals surface area contributed by atoms with E-state index in [9.17, 15) is 4.79 Å². The van der Waals surface area contributed by atoms with Crippen LogP contribution < -0.4 is 4.90 Å². The van der Waals surface area contributed by atoms with Crippen LogP contribution in [0.4, 0.5) is 5.69 Å². The maximum atomic E-state index is 13.4. The van der Waals surface area contributed by atoms with E-state index in [1.54, 1.807) is 0 Å². The summed E-state index contributed by atoms with van der Waals surface area (Å²) in [6.45, 7) is 4.85. The number of hydrogen-bond donors (Lipinski definition) is 0. The third-order valence-corrected chi connectivity index (χ3v) is 7.01. The Kier molecular flexibility index (Phi) is 5.11. The lowest BCUT2D eigenvalue weighted by molar-refractivity contribution is -0.118. The van der Waals surface area contributed by atoms with Gasteiger partial charge in [-0.15, -0.1) is 10.2 Å². The molecule has 30 heavy (non-hydrogen) atoms. The van der Waals surface area contributed by atoms with Gasteiger partial charge in [-0.05, 0) is 50.3 Å². The van der Waals surface area contributed by atoms with Gasteiger partial charge in [-0.1, -0.05) is 60.3 Å². The highest BCUT2D eigenvalue weighted by Crippen LogP contribution is 2.41. The molecule has 6 heteroatoms. The molecule has 3 aromatic rings. The van der Waals surface area contributed by atoms with Crippen molar-refractivity contribution < 1.29 is 4.79 Å². The number of rotatable bonds is 6. The number of benzene rings is 2. The summed E-state index contributed by atoms with van der Waals surface area (Å²) in [6.07, 6.45) is 3.26. The zero-order valence-corrected chi connectivity index (χ0v) is 18.2. The molecule has 0 unspecified atom stereocenters. The maximum absolute atomic E-state index is 13.4. The molecule has 2 aromatic carbocycles. The van der Waals surface area contributed by atoms with E-state index in [-0.39, 0.29) is 17.2 Å². The van der Waals surface area contributed by atoms with Crippen LogP contribution in [0.5, 0.6) is 0 Å². The molecule has 0 N–H and O–H groups in total. The van der Waals surface area contributed by atoms with Crippen LogP contribution in [0.25, 0.3) is 0 Å². The molecule has 5 nitrogen and oxygen atoms in total. The Labute approximate surface area is 181 Å². The summed E-state index contributed by atoms with van der Waals surface area (Å²) in [4.78, 5) is 15.4. The highest BCUT2D eigenvalue weighted by molar-refractivity contribution is 8.00. The van der Waals surface area contributed by atoms with E-state index >= 15 is 0 Å². The van der Waals surface area contributed by atoms with Crippen LogP contribution >= 0.6 is 11.8 Å². The molecule has 2 heterocycles. The molecule has 1 amide bonds. The molecule has 1 aliphatic carbocycles. The van der Waals surface area contributed by atoms with Crippen LogP contribution in [0.1, 0.15) is 49.6 Å². The number of fused-ring (bicyclic) bond motifs is 1. The number of hydrogen-bond acceptors (Lipinski definition) is 4. The van der Waals surface area contributed by atoms with E-state index in [2.05, 4.69) is 58.1 Å². The molecule has 1 aliphatic heterocycles. The first kappa shape index (κ1) is 19.4. The van der Waals surface area contributed by atoms with Gasteiger partial charge < -0.3 is 9.47 Å². The van der Waals surface area contributed by atoms with Gasteiger partial charge in [-0.25, -0.2) is 0 Å². The summed E-state index contributed by atoms with van der Waals surface area (Å²) >= 11 is 1.53. The zero-order chi connectivity index (χ0) is 20.7. The van der Waals surface area contributed by atoms with E-state index in [4.69, 9.17) is 0 Å². The van der Waals surface area contributed by atoms with Crippen LogP contribution in [-0.4, -0.2) is 32.0 Å². The molecule has 0 radical (unpaired) electrons. The first-order valence-electron chi connectivity index (χ1n) is 10.7. The second-order valence-corrected chi connectivity index (χ2v) is 9.64. The second-order valence-electron chi connectivity index (χ2n) is 8.34. The fraction of sp³-hybridized carbons (Fsp3) is 0.375. The standard InChI is InChI=1S/C24H26N4OS/c1-16-14-20-10-6-7-11-21(20)28(16)23(29)17(2)30-24-26-25-22(19-12-13-19)27(24)15-18-8-4-3-5-9-18/h3-11,16-17,19H,12-15H2,1-2H3/t16-,17-/m1/s1. The SMILES string of the molecule is C[C@@H]1Cc2ccccc2N1C(=O)[C@@H](C)Sc1nnc(C2CC2)n1Cc1ccccc1. The van der Waals surface area contributed by atoms with E-state index in [0.717, 1.165) is 29.6 Å². The fourth-order valence-electron chi connectivity index (χ4n) is 4.25. The van der Waals surface area contributed by atoms with Gasteiger partial charge in [0.05, 0.1) is 11.8 Å². The van der Waals surface area contributed by atoms with E-state index in [1.807, 2.05) is 30.0 Å². The lowest BCUT2D eigenvalue weighted by Crippen LogP contribution is -2.40. The van der Waals surface area contributed by atoms with E-state index in [0.29, 0.717) is 5.92 Å². The van der Waals surface area contributed by atoms with Gasteiger partial charge in [0, 0.05) is 17.6 Å². The summed E-state index contributed by atoms with van der Waals surface area (Å²) in [7, 11) is 0. The summed E-state index contributed by atoms with van der Waals surface area (Å²) < 4.78 is 2.21. The average molecular weight is 419 g/mol. The van der Waals surface area contributed by atoms with Crippen molar-refractivity contribution >= 4 is 23.4 Å². The number of carbonyl (C=O) groups is 1. The van der Waals surface area contributed by atoms with E-state index in [1.165, 1.54) is 35.7 Å². The van der Waals surface area contributed by atoms with Gasteiger partial charge in [0.2, 0.25) is 5.91 Å². The largest absolute Gasteiger partial charge is 0.308 e. The first-order chi connectivity index (χ1) is 14.6. The predicted octanol–water partition coefficient (Wildman–Crippen LogP) is 4.66. The highest BCUT2D eigenvalue weighted by atomic mass is 32.2. The predicted molar refractivity (Wildman–Crippen MR) is 120 cm³/mol. The maximum Gasteiger partial charge on any atom is 0.240 e. The molecule has 1 fully saturated rings. The van der Waals surface area contributed by atoms with Crippen molar-refractivity contribution in [1.29, 1.82) is 0 Å². The molecule has 1 aromatic heterocycles. The average Bonchev–Trinajstić information content (AvgIpc) is 3.44. The smallest absolute Gasteiger partial charge is 0.240 e. The van der Waals surface area contributed by atoms with Gasteiger partial charge in [0.25, 0.3) is 0 Å². The molecule has 0 spiro atoms. The van der Waals surface area contributed by atoms with Crippen molar-refractivity contribution in [2.24, 2.45) is 0 Å². The number of amides is 1. The van der Waals surface area contributed by atoms with Crippen LogP contribution in [0.2, 0.25) is 0 Å². The zero-order valence-electron chi connectivity index (χ0n) is 17.4. The number of para-hydroxylation sites is 1. The quantitative estimate of drug-likeness (QED) is 0.546. The molecule has 5 rings (SSSR count). The van der Waals surface area contributed by atoms with Crippen molar-refractivity contribution in [1.82, 2.24) is 14.8 Å². The minimum absolute atomic E-state index is 0.139. The van der Waals surface area contributed by atoms with Gasteiger partial charge in [0.15, 0.2) is 5.16 Å². The van der Waals surface area contributed by atoms with Gasteiger partial charge in [-0.3, -0.25) is 4.79 Å². The Morgan fingerprint density at radius 3 is 2.60 bits per heavy atom. The van der Waals surface area contributed by atoms with Crippen molar-refractivity contribution in [3.8, 4) is 0 Å². The highest BCUT2D eigenvalue weighted by Gasteiger charge is 2.35. The molecular formula is C24H26N4OS. The number of anilines is 1. The number of carbonyl (C=O) groups excluding carboxylic acids is 1. The number of aromatic nitrogens is 3. The molecule has 0 bridgehead atoms. The second kappa shape index (κ2) is 7.91. The summed E-state index contributed by atoms with van der Waals surface area (Å²) in [5.74, 6) is 1.70. The van der Waals surface area contributed by atoms with Crippen LogP contribution in [0, 0.1) is 0 Å². The number of nitrogens with zero attached hydrogens (tertiary/aromatic N) is 4. The Balaban J connectivity index is 1.38. The molecule has 2 aliphatic rings. The Morgan fingerprint density at radius 1 is 1.10 bits per heavy atom. The molecular weight excluding hydrogens is 392 g/mol.